The first-order valence-corrected chi connectivity index (χ1v) is 6.34. The van der Waals surface area contributed by atoms with Gasteiger partial charge in [0.15, 0.2) is 0 Å². The van der Waals surface area contributed by atoms with Crippen LogP contribution in [0.5, 0.6) is 0 Å². The zero-order valence-corrected chi connectivity index (χ0v) is 10.8. The Morgan fingerprint density at radius 3 is 2.74 bits per heavy atom. The van der Waals surface area contributed by atoms with Crippen LogP contribution in [0.2, 0.25) is 0 Å². The molecule has 5 nitrogen and oxygen atoms in total. The SMILES string of the molecule is CC(O)(CNC(=O)C1CCC(=O)N1)c1ccccc1. The largest absolute Gasteiger partial charge is 0.384 e. The monoisotopic (exact) mass is 262 g/mol. The molecule has 2 amide bonds. The van der Waals surface area contributed by atoms with E-state index in [1.54, 1.807) is 6.92 Å². The van der Waals surface area contributed by atoms with Crippen molar-refractivity contribution in [1.29, 1.82) is 0 Å². The Labute approximate surface area is 112 Å². The normalized spacial score (nSPS) is 21.6. The van der Waals surface area contributed by atoms with Gasteiger partial charge >= 0.3 is 0 Å². The first kappa shape index (κ1) is 13.5. The Bertz CT molecular complexity index is 471. The minimum atomic E-state index is -1.13. The number of hydrogen-bond donors (Lipinski definition) is 3. The summed E-state index contributed by atoms with van der Waals surface area (Å²) in [5, 5.41) is 15.6. The van der Waals surface area contributed by atoms with E-state index in [1.165, 1.54) is 0 Å². The molecule has 1 aliphatic rings. The van der Waals surface area contributed by atoms with Gasteiger partial charge in [0, 0.05) is 6.42 Å². The fourth-order valence-electron chi connectivity index (χ4n) is 2.09. The van der Waals surface area contributed by atoms with Gasteiger partial charge < -0.3 is 15.7 Å². The van der Waals surface area contributed by atoms with Crippen molar-refractivity contribution in [3.05, 3.63) is 35.9 Å². The first-order valence-electron chi connectivity index (χ1n) is 6.34. The van der Waals surface area contributed by atoms with Gasteiger partial charge in [0.05, 0.1) is 6.54 Å². The lowest BCUT2D eigenvalue weighted by Crippen LogP contribution is -2.46. The van der Waals surface area contributed by atoms with Gasteiger partial charge in [-0.25, -0.2) is 0 Å². The van der Waals surface area contributed by atoms with Crippen molar-refractivity contribution in [3.63, 3.8) is 0 Å². The smallest absolute Gasteiger partial charge is 0.242 e. The zero-order chi connectivity index (χ0) is 13.9. The van der Waals surface area contributed by atoms with Crippen LogP contribution in [0.4, 0.5) is 0 Å². The molecule has 2 unspecified atom stereocenters. The number of benzene rings is 1. The van der Waals surface area contributed by atoms with Crippen molar-refractivity contribution in [1.82, 2.24) is 10.6 Å². The van der Waals surface area contributed by atoms with Gasteiger partial charge in [-0.2, -0.15) is 0 Å². The van der Waals surface area contributed by atoms with Gasteiger partial charge in [-0.3, -0.25) is 9.59 Å². The summed E-state index contributed by atoms with van der Waals surface area (Å²) in [4.78, 5) is 22.9. The van der Waals surface area contributed by atoms with Crippen LogP contribution in [-0.4, -0.2) is 29.5 Å². The Morgan fingerprint density at radius 1 is 1.47 bits per heavy atom. The fourth-order valence-corrected chi connectivity index (χ4v) is 2.09. The van der Waals surface area contributed by atoms with Gasteiger partial charge in [0.2, 0.25) is 11.8 Å². The summed E-state index contributed by atoms with van der Waals surface area (Å²) in [6.45, 7) is 1.76. The van der Waals surface area contributed by atoms with E-state index in [-0.39, 0.29) is 18.4 Å². The molecular weight excluding hydrogens is 244 g/mol. The molecule has 0 radical (unpaired) electrons. The second kappa shape index (κ2) is 5.40. The molecule has 1 saturated heterocycles. The van der Waals surface area contributed by atoms with Gasteiger partial charge in [-0.15, -0.1) is 0 Å². The number of amides is 2. The van der Waals surface area contributed by atoms with Crippen LogP contribution in [0.15, 0.2) is 30.3 Å². The highest BCUT2D eigenvalue weighted by molar-refractivity contribution is 5.90. The van der Waals surface area contributed by atoms with Gasteiger partial charge in [-0.05, 0) is 18.9 Å². The maximum absolute atomic E-state index is 11.8. The van der Waals surface area contributed by atoms with Crippen LogP contribution in [0.25, 0.3) is 0 Å². The van der Waals surface area contributed by atoms with Crippen molar-refractivity contribution in [2.45, 2.75) is 31.4 Å². The van der Waals surface area contributed by atoms with E-state index in [1.807, 2.05) is 30.3 Å². The Hall–Kier alpha value is -1.88. The first-order chi connectivity index (χ1) is 8.99. The fraction of sp³-hybridized carbons (Fsp3) is 0.429. The molecule has 1 aliphatic heterocycles. The van der Waals surface area contributed by atoms with Gasteiger partial charge in [-0.1, -0.05) is 30.3 Å². The summed E-state index contributed by atoms with van der Waals surface area (Å²) in [5.41, 5.74) is -0.384. The molecule has 3 N–H and O–H groups in total. The molecular formula is C14H18N2O3. The highest BCUT2D eigenvalue weighted by Crippen LogP contribution is 2.19. The van der Waals surface area contributed by atoms with E-state index in [4.69, 9.17) is 0 Å². The third kappa shape index (κ3) is 3.32. The van der Waals surface area contributed by atoms with Crippen molar-refractivity contribution >= 4 is 11.8 Å². The van der Waals surface area contributed by atoms with E-state index in [2.05, 4.69) is 10.6 Å². The van der Waals surface area contributed by atoms with E-state index in [0.29, 0.717) is 12.8 Å². The van der Waals surface area contributed by atoms with Crippen LogP contribution in [-0.2, 0) is 15.2 Å². The van der Waals surface area contributed by atoms with E-state index < -0.39 is 11.6 Å². The number of nitrogens with one attached hydrogen (secondary N) is 2. The van der Waals surface area contributed by atoms with Gasteiger partial charge in [0.25, 0.3) is 0 Å². The maximum Gasteiger partial charge on any atom is 0.242 e. The van der Waals surface area contributed by atoms with Crippen molar-refractivity contribution in [2.75, 3.05) is 6.54 Å². The van der Waals surface area contributed by atoms with Crippen molar-refractivity contribution in [3.8, 4) is 0 Å². The highest BCUT2D eigenvalue weighted by Gasteiger charge is 2.29. The maximum atomic E-state index is 11.8. The summed E-state index contributed by atoms with van der Waals surface area (Å²) in [6.07, 6.45) is 0.894. The number of carbonyl (C=O) groups excluding carboxylic acids is 2. The number of rotatable bonds is 4. The lowest BCUT2D eigenvalue weighted by atomic mass is 9.96. The van der Waals surface area contributed by atoms with E-state index >= 15 is 0 Å². The molecule has 5 heteroatoms. The molecule has 1 aromatic carbocycles. The van der Waals surface area contributed by atoms with Gasteiger partial charge in [0.1, 0.15) is 11.6 Å². The number of hydrogen-bond acceptors (Lipinski definition) is 3. The molecule has 0 aromatic heterocycles. The second-order valence-electron chi connectivity index (χ2n) is 5.02. The summed E-state index contributed by atoms with van der Waals surface area (Å²) < 4.78 is 0. The summed E-state index contributed by atoms with van der Waals surface area (Å²) >= 11 is 0. The second-order valence-corrected chi connectivity index (χ2v) is 5.02. The van der Waals surface area contributed by atoms with Crippen LogP contribution in [0.3, 0.4) is 0 Å². The zero-order valence-electron chi connectivity index (χ0n) is 10.8. The quantitative estimate of drug-likeness (QED) is 0.729. The van der Waals surface area contributed by atoms with Crippen LogP contribution in [0, 0.1) is 0 Å². The molecule has 19 heavy (non-hydrogen) atoms. The average molecular weight is 262 g/mol. The highest BCUT2D eigenvalue weighted by atomic mass is 16.3. The lowest BCUT2D eigenvalue weighted by molar-refractivity contribution is -0.126. The summed E-state index contributed by atoms with van der Waals surface area (Å²) in [7, 11) is 0. The Kier molecular flexibility index (Phi) is 3.85. The number of aliphatic hydroxyl groups is 1. The molecule has 2 atom stereocenters. The van der Waals surface area contributed by atoms with Crippen LogP contribution >= 0.6 is 0 Å². The molecule has 1 fully saturated rings. The predicted octanol–water partition coefficient (Wildman–Crippen LogP) is 0.289. The molecule has 102 valence electrons. The molecule has 0 saturated carbocycles. The summed E-state index contributed by atoms with van der Waals surface area (Å²) in [6, 6.07) is 8.68. The molecule has 0 bridgehead atoms. The third-order valence-corrected chi connectivity index (χ3v) is 3.31. The molecule has 0 aliphatic carbocycles. The molecule has 2 rings (SSSR count). The van der Waals surface area contributed by atoms with E-state index in [9.17, 15) is 14.7 Å². The topological polar surface area (TPSA) is 78.4 Å². The minimum absolute atomic E-state index is 0.102. The average Bonchev–Trinajstić information content (AvgIpc) is 2.84. The van der Waals surface area contributed by atoms with E-state index in [0.717, 1.165) is 5.56 Å². The lowest BCUT2D eigenvalue weighted by Gasteiger charge is -2.25. The molecule has 0 spiro atoms. The van der Waals surface area contributed by atoms with Crippen molar-refractivity contribution < 1.29 is 14.7 Å². The Morgan fingerprint density at radius 2 is 2.16 bits per heavy atom. The molecule has 1 heterocycles. The predicted molar refractivity (Wildman–Crippen MR) is 70.2 cm³/mol. The van der Waals surface area contributed by atoms with Crippen LogP contribution in [0.1, 0.15) is 25.3 Å². The summed E-state index contributed by atoms with van der Waals surface area (Å²) in [5.74, 6) is -0.350. The number of carbonyl (C=O) groups is 2. The van der Waals surface area contributed by atoms with Crippen molar-refractivity contribution in [2.24, 2.45) is 0 Å². The molecule has 1 aromatic rings. The standard InChI is InChI=1S/C14H18N2O3/c1-14(19,10-5-3-2-4-6-10)9-15-13(18)11-7-8-12(17)16-11/h2-6,11,19H,7-9H2,1H3,(H,15,18)(H,16,17). The third-order valence-electron chi connectivity index (χ3n) is 3.31. The van der Waals surface area contributed by atoms with Crippen LogP contribution < -0.4 is 10.6 Å². The Balaban J connectivity index is 1.91. The minimum Gasteiger partial charge on any atom is -0.384 e.